The van der Waals surface area contributed by atoms with Crippen LogP contribution >= 0.6 is 0 Å². The van der Waals surface area contributed by atoms with E-state index in [2.05, 4.69) is 15.5 Å². The molecule has 25 heavy (non-hydrogen) atoms. The van der Waals surface area contributed by atoms with Crippen LogP contribution in [0.1, 0.15) is 36.1 Å². The largest absolute Gasteiger partial charge is 0.384 e. The Morgan fingerprint density at radius 1 is 1.28 bits per heavy atom. The van der Waals surface area contributed by atoms with Gasteiger partial charge >= 0.3 is 0 Å². The van der Waals surface area contributed by atoms with Gasteiger partial charge in [-0.15, -0.1) is 0 Å². The molecule has 9 nitrogen and oxygen atoms in total. The number of hydrogen-bond donors (Lipinski definition) is 3. The third-order valence-electron chi connectivity index (χ3n) is 3.73. The molecule has 0 aliphatic heterocycles. The van der Waals surface area contributed by atoms with Crippen molar-refractivity contribution in [2.75, 3.05) is 17.6 Å². The number of non-ortho nitro benzene ring substituents is 1. The number of nitro groups is 1. The summed E-state index contributed by atoms with van der Waals surface area (Å²) in [6.45, 7) is 0.642. The van der Waals surface area contributed by atoms with Crippen LogP contribution in [0.5, 0.6) is 0 Å². The SMILES string of the molecule is N#Cc1cc([N+](=O)[O-])ccc1NCCCCCc1[nH]nc(N)c1C#N. The second-order valence-corrected chi connectivity index (χ2v) is 5.41. The van der Waals surface area contributed by atoms with Crippen LogP contribution in [0.3, 0.4) is 0 Å². The molecular weight excluding hydrogens is 322 g/mol. The zero-order chi connectivity index (χ0) is 18.2. The summed E-state index contributed by atoms with van der Waals surface area (Å²) < 4.78 is 0. The van der Waals surface area contributed by atoms with Crippen molar-refractivity contribution >= 4 is 17.2 Å². The molecule has 1 heterocycles. The van der Waals surface area contributed by atoms with Crippen molar-refractivity contribution in [1.82, 2.24) is 10.2 Å². The molecule has 0 saturated carbocycles. The molecular formula is C16H17N7O2. The Labute approximate surface area is 144 Å². The molecule has 0 unspecified atom stereocenters. The number of hydrogen-bond acceptors (Lipinski definition) is 7. The number of nitrogens with one attached hydrogen (secondary N) is 2. The van der Waals surface area contributed by atoms with Gasteiger partial charge in [0.25, 0.3) is 5.69 Å². The van der Waals surface area contributed by atoms with E-state index in [1.165, 1.54) is 12.1 Å². The predicted octanol–water partition coefficient (Wildman–Crippen LogP) is 2.47. The molecule has 0 aliphatic carbocycles. The summed E-state index contributed by atoms with van der Waals surface area (Å²) in [5.74, 6) is 0.223. The van der Waals surface area contributed by atoms with Crippen LogP contribution < -0.4 is 11.1 Å². The van der Waals surface area contributed by atoms with Gasteiger partial charge < -0.3 is 11.1 Å². The van der Waals surface area contributed by atoms with Gasteiger partial charge in [0, 0.05) is 18.7 Å². The van der Waals surface area contributed by atoms with E-state index in [0.717, 1.165) is 25.0 Å². The Morgan fingerprint density at radius 3 is 2.76 bits per heavy atom. The predicted molar refractivity (Wildman–Crippen MR) is 91.6 cm³/mol. The molecule has 2 rings (SSSR count). The van der Waals surface area contributed by atoms with E-state index < -0.39 is 4.92 Å². The number of unbranched alkanes of at least 4 members (excludes halogenated alkanes) is 2. The highest BCUT2D eigenvalue weighted by Crippen LogP contribution is 2.21. The molecule has 1 aromatic carbocycles. The number of anilines is 2. The zero-order valence-corrected chi connectivity index (χ0v) is 13.5. The number of H-pyrrole nitrogens is 1. The molecule has 0 bridgehead atoms. The number of nitrogen functional groups attached to an aromatic ring is 1. The van der Waals surface area contributed by atoms with Crippen molar-refractivity contribution in [3.8, 4) is 12.1 Å². The highest BCUT2D eigenvalue weighted by atomic mass is 16.6. The number of aromatic amines is 1. The van der Waals surface area contributed by atoms with Crippen molar-refractivity contribution in [1.29, 1.82) is 10.5 Å². The lowest BCUT2D eigenvalue weighted by atomic mass is 10.1. The summed E-state index contributed by atoms with van der Waals surface area (Å²) in [6, 6.07) is 8.17. The van der Waals surface area contributed by atoms with Gasteiger partial charge in [-0.1, -0.05) is 6.42 Å². The summed E-state index contributed by atoms with van der Waals surface area (Å²) >= 11 is 0. The monoisotopic (exact) mass is 339 g/mol. The first kappa shape index (κ1) is 17.8. The minimum absolute atomic E-state index is 0.103. The summed E-state index contributed by atoms with van der Waals surface area (Å²) in [5.41, 5.74) is 7.46. The van der Waals surface area contributed by atoms with Gasteiger partial charge in [0.05, 0.1) is 21.9 Å². The van der Waals surface area contributed by atoms with Gasteiger partial charge in [0.2, 0.25) is 0 Å². The summed E-state index contributed by atoms with van der Waals surface area (Å²) in [4.78, 5) is 10.2. The molecule has 4 N–H and O–H groups in total. The van der Waals surface area contributed by atoms with E-state index in [9.17, 15) is 10.1 Å². The van der Waals surface area contributed by atoms with Gasteiger partial charge in [-0.3, -0.25) is 15.2 Å². The van der Waals surface area contributed by atoms with E-state index in [-0.39, 0.29) is 17.1 Å². The van der Waals surface area contributed by atoms with Gasteiger partial charge in [0.15, 0.2) is 5.82 Å². The van der Waals surface area contributed by atoms with E-state index in [4.69, 9.17) is 16.3 Å². The molecule has 9 heteroatoms. The average molecular weight is 339 g/mol. The Balaban J connectivity index is 1.77. The smallest absolute Gasteiger partial charge is 0.270 e. The number of aromatic nitrogens is 2. The second kappa shape index (κ2) is 8.31. The van der Waals surface area contributed by atoms with Crippen LogP contribution in [0.25, 0.3) is 0 Å². The lowest BCUT2D eigenvalue weighted by molar-refractivity contribution is -0.384. The molecule has 128 valence electrons. The van der Waals surface area contributed by atoms with Crippen molar-refractivity contribution < 1.29 is 4.92 Å². The maximum atomic E-state index is 10.7. The van der Waals surface area contributed by atoms with Gasteiger partial charge in [-0.25, -0.2) is 0 Å². The van der Waals surface area contributed by atoms with E-state index in [1.807, 2.05) is 12.1 Å². The fourth-order valence-electron chi connectivity index (χ4n) is 2.42. The fraction of sp³-hybridized carbons (Fsp3) is 0.312. The lowest BCUT2D eigenvalue weighted by Crippen LogP contribution is -2.04. The Kier molecular flexibility index (Phi) is 5.91. The van der Waals surface area contributed by atoms with Crippen molar-refractivity contribution in [3.05, 3.63) is 45.1 Å². The van der Waals surface area contributed by atoms with E-state index in [0.29, 0.717) is 24.2 Å². The third kappa shape index (κ3) is 4.45. The molecule has 0 atom stereocenters. The molecule has 0 saturated heterocycles. The molecule has 0 aliphatic rings. The maximum absolute atomic E-state index is 10.7. The molecule has 0 amide bonds. The molecule has 1 aromatic heterocycles. The van der Waals surface area contributed by atoms with Crippen LogP contribution in [0.4, 0.5) is 17.2 Å². The normalized spacial score (nSPS) is 10.0. The van der Waals surface area contributed by atoms with Crippen LogP contribution in [0.2, 0.25) is 0 Å². The van der Waals surface area contributed by atoms with E-state index >= 15 is 0 Å². The summed E-state index contributed by atoms with van der Waals surface area (Å²) in [7, 11) is 0. The number of nitrogens with two attached hydrogens (primary N) is 1. The lowest BCUT2D eigenvalue weighted by Gasteiger charge is -2.08. The Morgan fingerprint density at radius 2 is 2.08 bits per heavy atom. The Hall–Kier alpha value is -3.59. The highest BCUT2D eigenvalue weighted by molar-refractivity contribution is 5.61. The van der Waals surface area contributed by atoms with Crippen LogP contribution in [-0.4, -0.2) is 21.7 Å². The van der Waals surface area contributed by atoms with Crippen LogP contribution in [0, 0.1) is 32.8 Å². The minimum atomic E-state index is -0.525. The molecule has 0 fully saturated rings. The number of rotatable bonds is 8. The first-order chi connectivity index (χ1) is 12.1. The van der Waals surface area contributed by atoms with Gasteiger partial charge in [-0.2, -0.15) is 15.6 Å². The first-order valence-electron chi connectivity index (χ1n) is 7.72. The second-order valence-electron chi connectivity index (χ2n) is 5.41. The highest BCUT2D eigenvalue weighted by Gasteiger charge is 2.11. The molecule has 0 radical (unpaired) electrons. The number of nitriles is 2. The quantitative estimate of drug-likeness (QED) is 0.378. The fourth-order valence-corrected chi connectivity index (χ4v) is 2.42. The number of benzene rings is 1. The number of aryl methyl sites for hydroxylation is 1. The summed E-state index contributed by atoms with van der Waals surface area (Å²) in [5, 5.41) is 38.5. The van der Waals surface area contributed by atoms with Gasteiger partial charge in [0.1, 0.15) is 17.7 Å². The van der Waals surface area contributed by atoms with E-state index in [1.54, 1.807) is 6.07 Å². The zero-order valence-electron chi connectivity index (χ0n) is 13.5. The van der Waals surface area contributed by atoms with Crippen molar-refractivity contribution in [2.45, 2.75) is 25.7 Å². The standard InChI is InChI=1S/C16H17N7O2/c17-9-11-8-12(23(24)25)5-6-14(11)20-7-3-1-2-4-15-13(10-18)16(19)22-21-15/h5-6,8,20H,1-4,7H2,(H3,19,21,22). The summed E-state index contributed by atoms with van der Waals surface area (Å²) in [6.07, 6.45) is 3.32. The first-order valence-corrected chi connectivity index (χ1v) is 7.72. The molecule has 0 spiro atoms. The Bertz CT molecular complexity index is 845. The van der Waals surface area contributed by atoms with Crippen LogP contribution in [-0.2, 0) is 6.42 Å². The van der Waals surface area contributed by atoms with Crippen molar-refractivity contribution in [3.63, 3.8) is 0 Å². The van der Waals surface area contributed by atoms with Crippen molar-refractivity contribution in [2.24, 2.45) is 0 Å². The maximum Gasteiger partial charge on any atom is 0.270 e. The average Bonchev–Trinajstić information content (AvgIpc) is 2.97. The minimum Gasteiger partial charge on any atom is -0.384 e. The number of nitrogens with zero attached hydrogens (tertiary/aromatic N) is 4. The third-order valence-corrected chi connectivity index (χ3v) is 3.73. The topological polar surface area (TPSA) is 157 Å². The number of nitro benzene ring substituents is 1. The van der Waals surface area contributed by atoms with Gasteiger partial charge in [-0.05, 0) is 25.3 Å². The van der Waals surface area contributed by atoms with Crippen LogP contribution in [0.15, 0.2) is 18.2 Å². The molecule has 2 aromatic rings.